The topological polar surface area (TPSA) is 59.6 Å². The van der Waals surface area contributed by atoms with Crippen molar-refractivity contribution in [1.29, 1.82) is 0 Å². The number of ether oxygens (including phenoxy) is 1. The Morgan fingerprint density at radius 1 is 1.59 bits per heavy atom. The summed E-state index contributed by atoms with van der Waals surface area (Å²) in [6, 6.07) is 2.31. The van der Waals surface area contributed by atoms with Gasteiger partial charge in [-0.25, -0.2) is 0 Å². The smallest absolute Gasteiger partial charge is 0.188 e. The van der Waals surface area contributed by atoms with Crippen LogP contribution in [-0.2, 0) is 4.74 Å². The van der Waals surface area contributed by atoms with Gasteiger partial charge in [0.1, 0.15) is 0 Å². The maximum absolute atomic E-state index is 5.79. The molecule has 0 amide bonds. The summed E-state index contributed by atoms with van der Waals surface area (Å²) < 4.78 is 5.02. The molecule has 96 valence electrons. The lowest BCUT2D eigenvalue weighted by Crippen LogP contribution is -2.40. The van der Waals surface area contributed by atoms with Crippen LogP contribution in [0.1, 0.15) is 25.3 Å². The SMILES string of the molecule is COCC(C)NC(N)=NCC(C)c1ccsc1. The second-order valence-electron chi connectivity index (χ2n) is 4.18. The summed E-state index contributed by atoms with van der Waals surface area (Å²) >= 11 is 1.71. The number of rotatable bonds is 6. The van der Waals surface area contributed by atoms with Gasteiger partial charge in [0.15, 0.2) is 5.96 Å². The first-order valence-electron chi connectivity index (χ1n) is 5.71. The van der Waals surface area contributed by atoms with Crippen LogP contribution < -0.4 is 11.1 Å². The second-order valence-corrected chi connectivity index (χ2v) is 4.96. The van der Waals surface area contributed by atoms with Crippen LogP contribution in [-0.4, -0.2) is 32.3 Å². The third-order valence-corrected chi connectivity index (χ3v) is 3.16. The highest BCUT2D eigenvalue weighted by Crippen LogP contribution is 2.17. The summed E-state index contributed by atoms with van der Waals surface area (Å²) in [6.07, 6.45) is 0. The highest BCUT2D eigenvalue weighted by Gasteiger charge is 2.06. The van der Waals surface area contributed by atoms with E-state index >= 15 is 0 Å². The van der Waals surface area contributed by atoms with Crippen LogP contribution in [0.2, 0.25) is 0 Å². The minimum atomic E-state index is 0.181. The first-order chi connectivity index (χ1) is 8.13. The number of guanidine groups is 1. The molecule has 1 aromatic rings. The Labute approximate surface area is 107 Å². The molecule has 4 nitrogen and oxygen atoms in total. The van der Waals surface area contributed by atoms with Crippen molar-refractivity contribution in [3.8, 4) is 0 Å². The molecule has 0 bridgehead atoms. The van der Waals surface area contributed by atoms with E-state index in [-0.39, 0.29) is 6.04 Å². The Balaban J connectivity index is 2.37. The zero-order valence-electron chi connectivity index (χ0n) is 10.6. The minimum absolute atomic E-state index is 0.181. The van der Waals surface area contributed by atoms with Gasteiger partial charge in [-0.15, -0.1) is 0 Å². The molecule has 0 radical (unpaired) electrons. The fraction of sp³-hybridized carbons (Fsp3) is 0.583. The zero-order valence-corrected chi connectivity index (χ0v) is 11.5. The molecule has 0 aliphatic carbocycles. The standard InChI is InChI=1S/C12H21N3OS/c1-9(11-4-5-17-8-11)6-14-12(13)15-10(2)7-16-3/h4-5,8-10H,6-7H2,1-3H3,(H3,13,14,15). The first-order valence-corrected chi connectivity index (χ1v) is 6.65. The summed E-state index contributed by atoms with van der Waals surface area (Å²) in [5.74, 6) is 0.885. The van der Waals surface area contributed by atoms with Gasteiger partial charge in [-0.2, -0.15) is 11.3 Å². The number of hydrogen-bond acceptors (Lipinski definition) is 3. The Morgan fingerprint density at radius 2 is 2.35 bits per heavy atom. The van der Waals surface area contributed by atoms with Gasteiger partial charge in [-0.1, -0.05) is 6.92 Å². The molecule has 1 aromatic heterocycles. The van der Waals surface area contributed by atoms with Gasteiger partial charge in [0.25, 0.3) is 0 Å². The van der Waals surface area contributed by atoms with E-state index in [1.54, 1.807) is 18.4 Å². The molecular weight excluding hydrogens is 234 g/mol. The molecule has 3 N–H and O–H groups in total. The van der Waals surface area contributed by atoms with E-state index in [1.165, 1.54) is 5.56 Å². The van der Waals surface area contributed by atoms with Crippen LogP contribution in [0.5, 0.6) is 0 Å². The summed E-state index contributed by atoms with van der Waals surface area (Å²) in [7, 11) is 1.67. The van der Waals surface area contributed by atoms with E-state index in [1.807, 2.05) is 6.92 Å². The molecule has 0 aliphatic heterocycles. The molecule has 2 atom stereocenters. The van der Waals surface area contributed by atoms with Gasteiger partial charge in [0.05, 0.1) is 6.61 Å². The minimum Gasteiger partial charge on any atom is -0.383 e. The average molecular weight is 255 g/mol. The van der Waals surface area contributed by atoms with E-state index in [4.69, 9.17) is 10.5 Å². The van der Waals surface area contributed by atoms with Crippen LogP contribution in [0.25, 0.3) is 0 Å². The molecule has 2 unspecified atom stereocenters. The van der Waals surface area contributed by atoms with Crippen LogP contribution in [0.3, 0.4) is 0 Å². The lowest BCUT2D eigenvalue weighted by atomic mass is 10.1. The van der Waals surface area contributed by atoms with E-state index in [0.717, 1.165) is 0 Å². The van der Waals surface area contributed by atoms with Crippen LogP contribution >= 0.6 is 11.3 Å². The van der Waals surface area contributed by atoms with E-state index < -0.39 is 0 Å². The van der Waals surface area contributed by atoms with E-state index in [0.29, 0.717) is 25.0 Å². The summed E-state index contributed by atoms with van der Waals surface area (Å²) in [5.41, 5.74) is 7.11. The Hall–Kier alpha value is -1.07. The van der Waals surface area contributed by atoms with Crippen molar-refractivity contribution in [3.63, 3.8) is 0 Å². The number of nitrogens with one attached hydrogen (secondary N) is 1. The molecule has 1 rings (SSSR count). The first kappa shape index (κ1) is 14.0. The van der Waals surface area contributed by atoms with Gasteiger partial charge in [0, 0.05) is 25.6 Å². The Kier molecular flexibility index (Phi) is 6.00. The maximum Gasteiger partial charge on any atom is 0.188 e. The maximum atomic E-state index is 5.79. The zero-order chi connectivity index (χ0) is 12.7. The van der Waals surface area contributed by atoms with Crippen molar-refractivity contribution in [3.05, 3.63) is 22.4 Å². The quantitative estimate of drug-likeness (QED) is 0.602. The molecule has 0 aromatic carbocycles. The Bertz CT molecular complexity index is 338. The molecule has 5 heteroatoms. The third-order valence-electron chi connectivity index (χ3n) is 2.46. The summed E-state index contributed by atoms with van der Waals surface area (Å²) in [6.45, 7) is 5.48. The average Bonchev–Trinajstić information content (AvgIpc) is 2.79. The van der Waals surface area contributed by atoms with Gasteiger partial charge >= 0.3 is 0 Å². The molecule has 17 heavy (non-hydrogen) atoms. The molecule has 0 saturated carbocycles. The molecular formula is C12H21N3OS. The van der Waals surface area contributed by atoms with Crippen molar-refractivity contribution in [2.45, 2.75) is 25.8 Å². The van der Waals surface area contributed by atoms with Crippen molar-refractivity contribution in [1.82, 2.24) is 5.32 Å². The van der Waals surface area contributed by atoms with Gasteiger partial charge < -0.3 is 15.8 Å². The number of hydrogen-bond donors (Lipinski definition) is 2. The molecule has 0 aliphatic rings. The van der Waals surface area contributed by atoms with E-state index in [2.05, 4.69) is 34.1 Å². The lowest BCUT2D eigenvalue weighted by molar-refractivity contribution is 0.179. The monoisotopic (exact) mass is 255 g/mol. The van der Waals surface area contributed by atoms with Gasteiger partial charge in [-0.3, -0.25) is 4.99 Å². The van der Waals surface area contributed by atoms with E-state index in [9.17, 15) is 0 Å². The molecule has 1 heterocycles. The van der Waals surface area contributed by atoms with Gasteiger partial charge in [-0.05, 0) is 29.3 Å². The highest BCUT2D eigenvalue weighted by molar-refractivity contribution is 7.07. The number of methoxy groups -OCH3 is 1. The normalized spacial score (nSPS) is 15.6. The largest absolute Gasteiger partial charge is 0.383 e. The van der Waals surface area contributed by atoms with Crippen molar-refractivity contribution in [2.24, 2.45) is 10.7 Å². The summed E-state index contributed by atoms with van der Waals surface area (Å²) in [5, 5.41) is 7.32. The van der Waals surface area contributed by atoms with Gasteiger partial charge in [0.2, 0.25) is 0 Å². The summed E-state index contributed by atoms with van der Waals surface area (Å²) in [4.78, 5) is 4.33. The van der Waals surface area contributed by atoms with Crippen molar-refractivity contribution >= 4 is 17.3 Å². The number of nitrogens with zero attached hydrogens (tertiary/aromatic N) is 1. The molecule has 0 fully saturated rings. The molecule has 0 saturated heterocycles. The number of thiophene rings is 1. The fourth-order valence-electron chi connectivity index (χ4n) is 1.49. The van der Waals surface area contributed by atoms with Crippen LogP contribution in [0.15, 0.2) is 21.8 Å². The second kappa shape index (κ2) is 7.29. The Morgan fingerprint density at radius 3 is 2.94 bits per heavy atom. The predicted molar refractivity (Wildman–Crippen MR) is 73.7 cm³/mol. The van der Waals surface area contributed by atoms with Crippen LogP contribution in [0.4, 0.5) is 0 Å². The number of nitrogens with two attached hydrogens (primary N) is 1. The fourth-order valence-corrected chi connectivity index (χ4v) is 2.27. The van der Waals surface area contributed by atoms with Crippen molar-refractivity contribution < 1.29 is 4.74 Å². The highest BCUT2D eigenvalue weighted by atomic mass is 32.1. The number of aliphatic imine (C=N–C) groups is 1. The van der Waals surface area contributed by atoms with Crippen LogP contribution in [0, 0.1) is 0 Å². The molecule has 0 spiro atoms. The van der Waals surface area contributed by atoms with Crippen molar-refractivity contribution in [2.75, 3.05) is 20.3 Å². The lowest BCUT2D eigenvalue weighted by Gasteiger charge is -2.14. The third kappa shape index (κ3) is 5.19. The predicted octanol–water partition coefficient (Wildman–Crippen LogP) is 1.79.